The van der Waals surface area contributed by atoms with Crippen LogP contribution in [-0.2, 0) is 0 Å². The van der Waals surface area contributed by atoms with Crippen LogP contribution >= 0.6 is 15.9 Å². The number of hydrogen-bond donors (Lipinski definition) is 0. The van der Waals surface area contributed by atoms with Crippen molar-refractivity contribution in [2.75, 3.05) is 11.9 Å². The molecule has 1 aromatic carbocycles. The molecule has 0 saturated heterocycles. The SMILES string of the molecule is Cc1cccc(OCCCCBr)c1F. The van der Waals surface area contributed by atoms with Gasteiger partial charge < -0.3 is 4.74 Å². The number of aryl methyl sites for hydroxylation is 1. The summed E-state index contributed by atoms with van der Waals surface area (Å²) in [7, 11) is 0. The van der Waals surface area contributed by atoms with Crippen LogP contribution in [-0.4, -0.2) is 11.9 Å². The molecule has 0 unspecified atom stereocenters. The van der Waals surface area contributed by atoms with Gasteiger partial charge in [-0.2, -0.15) is 0 Å². The van der Waals surface area contributed by atoms with E-state index in [-0.39, 0.29) is 5.82 Å². The Labute approximate surface area is 92.4 Å². The molecule has 0 radical (unpaired) electrons. The Morgan fingerprint density at radius 3 is 2.86 bits per heavy atom. The third-order valence-corrected chi connectivity index (χ3v) is 2.50. The van der Waals surface area contributed by atoms with Crippen molar-refractivity contribution in [2.45, 2.75) is 19.8 Å². The highest BCUT2D eigenvalue weighted by molar-refractivity contribution is 9.09. The van der Waals surface area contributed by atoms with E-state index < -0.39 is 0 Å². The Morgan fingerprint density at radius 1 is 1.36 bits per heavy atom. The summed E-state index contributed by atoms with van der Waals surface area (Å²) >= 11 is 3.33. The summed E-state index contributed by atoms with van der Waals surface area (Å²) in [5.74, 6) is 0.117. The maximum absolute atomic E-state index is 13.4. The lowest BCUT2D eigenvalue weighted by atomic mass is 10.2. The van der Waals surface area contributed by atoms with Crippen LogP contribution < -0.4 is 4.74 Å². The molecule has 14 heavy (non-hydrogen) atoms. The molecule has 0 atom stereocenters. The third kappa shape index (κ3) is 3.29. The van der Waals surface area contributed by atoms with E-state index in [1.54, 1.807) is 25.1 Å². The molecule has 3 heteroatoms. The van der Waals surface area contributed by atoms with Gasteiger partial charge in [-0.1, -0.05) is 28.1 Å². The molecule has 0 spiro atoms. The van der Waals surface area contributed by atoms with Crippen LogP contribution in [0, 0.1) is 12.7 Å². The Hall–Kier alpha value is -0.570. The van der Waals surface area contributed by atoms with Crippen LogP contribution in [0.25, 0.3) is 0 Å². The lowest BCUT2D eigenvalue weighted by molar-refractivity contribution is 0.294. The molecule has 0 N–H and O–H groups in total. The molecular formula is C11H14BrFO. The maximum atomic E-state index is 13.4. The minimum absolute atomic E-state index is 0.244. The van der Waals surface area contributed by atoms with Gasteiger partial charge in [0, 0.05) is 5.33 Å². The summed E-state index contributed by atoms with van der Waals surface area (Å²) in [4.78, 5) is 0. The van der Waals surface area contributed by atoms with E-state index in [0.717, 1.165) is 18.2 Å². The van der Waals surface area contributed by atoms with Crippen LogP contribution in [0.1, 0.15) is 18.4 Å². The number of alkyl halides is 1. The first-order valence-corrected chi connectivity index (χ1v) is 5.81. The van der Waals surface area contributed by atoms with Gasteiger partial charge in [0.05, 0.1) is 6.61 Å². The van der Waals surface area contributed by atoms with Crippen molar-refractivity contribution in [3.05, 3.63) is 29.6 Å². The Kier molecular flexibility index (Phi) is 4.94. The van der Waals surface area contributed by atoms with E-state index in [0.29, 0.717) is 17.9 Å². The summed E-state index contributed by atoms with van der Waals surface area (Å²) in [6.45, 7) is 2.31. The fourth-order valence-electron chi connectivity index (χ4n) is 1.11. The van der Waals surface area contributed by atoms with Crippen LogP contribution in [0.15, 0.2) is 18.2 Å². The molecule has 1 rings (SSSR count). The van der Waals surface area contributed by atoms with Crippen LogP contribution in [0.3, 0.4) is 0 Å². The number of ether oxygens (including phenoxy) is 1. The molecule has 0 aliphatic heterocycles. The highest BCUT2D eigenvalue weighted by Gasteiger charge is 2.04. The zero-order valence-electron chi connectivity index (χ0n) is 8.22. The Balaban J connectivity index is 2.46. The highest BCUT2D eigenvalue weighted by Crippen LogP contribution is 2.19. The summed E-state index contributed by atoms with van der Waals surface area (Å²) in [5, 5.41) is 0.965. The molecule has 0 saturated carbocycles. The van der Waals surface area contributed by atoms with E-state index in [1.807, 2.05) is 0 Å². The van der Waals surface area contributed by atoms with E-state index >= 15 is 0 Å². The van der Waals surface area contributed by atoms with Crippen LogP contribution in [0.2, 0.25) is 0 Å². The van der Waals surface area contributed by atoms with Gasteiger partial charge in [0.2, 0.25) is 0 Å². The second-order valence-electron chi connectivity index (χ2n) is 3.13. The first-order chi connectivity index (χ1) is 6.75. The minimum atomic E-state index is -0.244. The van der Waals surface area contributed by atoms with Gasteiger partial charge in [-0.3, -0.25) is 0 Å². The summed E-state index contributed by atoms with van der Waals surface area (Å²) in [6, 6.07) is 5.20. The molecule has 0 aromatic heterocycles. The maximum Gasteiger partial charge on any atom is 0.167 e. The van der Waals surface area contributed by atoms with E-state index in [9.17, 15) is 4.39 Å². The van der Waals surface area contributed by atoms with Gasteiger partial charge in [0.1, 0.15) is 0 Å². The average molecular weight is 261 g/mol. The molecule has 0 fully saturated rings. The van der Waals surface area contributed by atoms with Gasteiger partial charge in [-0.25, -0.2) is 4.39 Å². The zero-order chi connectivity index (χ0) is 10.4. The first-order valence-electron chi connectivity index (χ1n) is 4.69. The quantitative estimate of drug-likeness (QED) is 0.580. The van der Waals surface area contributed by atoms with Gasteiger partial charge >= 0.3 is 0 Å². The number of hydrogen-bond acceptors (Lipinski definition) is 1. The predicted molar refractivity (Wildman–Crippen MR) is 59.7 cm³/mol. The fourth-order valence-corrected chi connectivity index (χ4v) is 1.51. The Morgan fingerprint density at radius 2 is 2.14 bits per heavy atom. The predicted octanol–water partition coefficient (Wildman–Crippen LogP) is 3.69. The average Bonchev–Trinajstić information content (AvgIpc) is 2.19. The van der Waals surface area contributed by atoms with E-state index in [1.165, 1.54) is 0 Å². The fraction of sp³-hybridized carbons (Fsp3) is 0.455. The van der Waals surface area contributed by atoms with Gasteiger partial charge in [-0.15, -0.1) is 0 Å². The van der Waals surface area contributed by atoms with E-state index in [2.05, 4.69) is 15.9 Å². The van der Waals surface area contributed by atoms with Crippen molar-refractivity contribution in [1.29, 1.82) is 0 Å². The molecule has 0 aliphatic rings. The second kappa shape index (κ2) is 6.02. The van der Waals surface area contributed by atoms with Crippen molar-refractivity contribution < 1.29 is 9.13 Å². The van der Waals surface area contributed by atoms with Crippen molar-refractivity contribution in [3.8, 4) is 5.75 Å². The lowest BCUT2D eigenvalue weighted by Gasteiger charge is -2.07. The summed E-state index contributed by atoms with van der Waals surface area (Å²) in [5.41, 5.74) is 0.628. The third-order valence-electron chi connectivity index (χ3n) is 1.94. The van der Waals surface area contributed by atoms with Gasteiger partial charge in [-0.05, 0) is 31.4 Å². The number of rotatable bonds is 5. The van der Waals surface area contributed by atoms with E-state index in [4.69, 9.17) is 4.74 Å². The molecule has 1 nitrogen and oxygen atoms in total. The molecule has 0 aliphatic carbocycles. The second-order valence-corrected chi connectivity index (χ2v) is 3.92. The zero-order valence-corrected chi connectivity index (χ0v) is 9.81. The van der Waals surface area contributed by atoms with Gasteiger partial charge in [0.15, 0.2) is 11.6 Å². The summed E-state index contributed by atoms with van der Waals surface area (Å²) in [6.07, 6.45) is 1.99. The first kappa shape index (κ1) is 11.5. The molecule has 0 amide bonds. The number of unbranched alkanes of at least 4 members (excludes halogenated alkanes) is 1. The molecule has 0 bridgehead atoms. The van der Waals surface area contributed by atoms with Crippen molar-refractivity contribution in [3.63, 3.8) is 0 Å². The lowest BCUT2D eigenvalue weighted by Crippen LogP contribution is -2.00. The number of benzene rings is 1. The summed E-state index contributed by atoms with van der Waals surface area (Å²) < 4.78 is 18.7. The van der Waals surface area contributed by atoms with Crippen molar-refractivity contribution in [2.24, 2.45) is 0 Å². The number of halogens is 2. The van der Waals surface area contributed by atoms with Crippen molar-refractivity contribution >= 4 is 15.9 Å². The minimum Gasteiger partial charge on any atom is -0.491 e. The topological polar surface area (TPSA) is 9.23 Å². The standard InChI is InChI=1S/C11H14BrFO/c1-9-5-4-6-10(11(9)13)14-8-3-2-7-12/h4-6H,2-3,7-8H2,1H3. The monoisotopic (exact) mass is 260 g/mol. The largest absolute Gasteiger partial charge is 0.491 e. The highest BCUT2D eigenvalue weighted by atomic mass is 79.9. The molecule has 0 heterocycles. The van der Waals surface area contributed by atoms with Crippen LogP contribution in [0.5, 0.6) is 5.75 Å². The molecule has 78 valence electrons. The van der Waals surface area contributed by atoms with Crippen molar-refractivity contribution in [1.82, 2.24) is 0 Å². The van der Waals surface area contributed by atoms with Crippen LogP contribution in [0.4, 0.5) is 4.39 Å². The smallest absolute Gasteiger partial charge is 0.167 e. The molecule has 1 aromatic rings. The van der Waals surface area contributed by atoms with Gasteiger partial charge in [0.25, 0.3) is 0 Å². The normalized spacial score (nSPS) is 10.2. The molecular weight excluding hydrogens is 247 g/mol. The Bertz CT molecular complexity index is 289.